The molecule has 1 saturated carbocycles. The molecule has 0 unspecified atom stereocenters. The van der Waals surface area contributed by atoms with Crippen LogP contribution in [-0.2, 0) is 23.9 Å². The maximum atomic E-state index is 12.6. The molecule has 3 rings (SSSR count). The van der Waals surface area contributed by atoms with E-state index in [1.165, 1.54) is 20.0 Å². The van der Waals surface area contributed by atoms with Crippen molar-refractivity contribution in [1.82, 2.24) is 9.88 Å². The predicted molar refractivity (Wildman–Crippen MR) is 100 cm³/mol. The van der Waals surface area contributed by atoms with Crippen LogP contribution in [0.3, 0.4) is 0 Å². The van der Waals surface area contributed by atoms with Crippen molar-refractivity contribution >= 4 is 41.0 Å². The number of amides is 3. The molecule has 28 heavy (non-hydrogen) atoms. The lowest BCUT2D eigenvalue weighted by Gasteiger charge is -2.23. The lowest BCUT2D eigenvalue weighted by molar-refractivity contribution is -0.163. The first kappa shape index (κ1) is 20.3. The number of nitrogens with zero attached hydrogens (tertiary/aromatic N) is 2. The Morgan fingerprint density at radius 2 is 1.82 bits per heavy atom. The van der Waals surface area contributed by atoms with Gasteiger partial charge in [0.05, 0.1) is 17.5 Å². The number of imide groups is 1. The molecule has 0 bridgehead atoms. The van der Waals surface area contributed by atoms with E-state index in [0.717, 1.165) is 17.7 Å². The molecule has 150 valence electrons. The van der Waals surface area contributed by atoms with Crippen LogP contribution in [-0.4, -0.2) is 45.7 Å². The van der Waals surface area contributed by atoms with E-state index in [1.54, 1.807) is 12.1 Å². The third-order valence-electron chi connectivity index (χ3n) is 5.28. The van der Waals surface area contributed by atoms with Crippen LogP contribution in [0.2, 0.25) is 5.15 Å². The molecule has 1 aromatic heterocycles. The summed E-state index contributed by atoms with van der Waals surface area (Å²) in [5.41, 5.74) is 0.291. The lowest BCUT2D eigenvalue weighted by Crippen LogP contribution is -2.46. The number of halogens is 1. The molecule has 4 atom stereocenters. The van der Waals surface area contributed by atoms with Crippen molar-refractivity contribution in [3.05, 3.63) is 23.5 Å². The zero-order chi connectivity index (χ0) is 20.4. The number of esters is 1. The number of pyridine rings is 1. The summed E-state index contributed by atoms with van der Waals surface area (Å²) in [5.74, 6) is -2.73. The van der Waals surface area contributed by atoms with Crippen molar-refractivity contribution in [3.63, 3.8) is 0 Å². The Bertz CT molecular complexity index is 791. The molecule has 2 fully saturated rings. The molecule has 1 aliphatic heterocycles. The van der Waals surface area contributed by atoms with Crippen molar-refractivity contribution in [2.45, 2.75) is 51.7 Å². The van der Waals surface area contributed by atoms with Gasteiger partial charge in [-0.15, -0.1) is 0 Å². The maximum Gasteiger partial charge on any atom is 0.329 e. The highest BCUT2D eigenvalue weighted by Gasteiger charge is 2.51. The highest BCUT2D eigenvalue weighted by Crippen LogP contribution is 2.39. The molecule has 1 aromatic rings. The number of hydrogen-bond acceptors (Lipinski definition) is 6. The summed E-state index contributed by atoms with van der Waals surface area (Å²) in [6.45, 7) is 2.84. The second kappa shape index (κ2) is 8.26. The van der Waals surface area contributed by atoms with Crippen LogP contribution in [0, 0.1) is 11.8 Å². The second-order valence-electron chi connectivity index (χ2n) is 7.13. The van der Waals surface area contributed by atoms with Gasteiger partial charge in [0.2, 0.25) is 11.8 Å². The topological polar surface area (TPSA) is 106 Å². The van der Waals surface area contributed by atoms with E-state index in [0.29, 0.717) is 18.5 Å². The van der Waals surface area contributed by atoms with Gasteiger partial charge >= 0.3 is 5.97 Å². The number of carbonyl (C=O) groups excluding carboxylic acids is 4. The number of anilines is 1. The molecular formula is C19H22ClN3O5. The van der Waals surface area contributed by atoms with E-state index in [-0.39, 0.29) is 28.8 Å². The summed E-state index contributed by atoms with van der Waals surface area (Å²) in [6, 6.07) is 2.08. The molecule has 1 aliphatic carbocycles. The van der Waals surface area contributed by atoms with Crippen LogP contribution in [0.15, 0.2) is 18.3 Å². The van der Waals surface area contributed by atoms with Gasteiger partial charge in [-0.05, 0) is 38.8 Å². The fourth-order valence-electron chi connectivity index (χ4n) is 3.71. The van der Waals surface area contributed by atoms with Crippen LogP contribution >= 0.6 is 11.6 Å². The predicted octanol–water partition coefficient (Wildman–Crippen LogP) is 2.17. The van der Waals surface area contributed by atoms with E-state index < -0.39 is 24.0 Å². The minimum absolute atomic E-state index is 0.110. The molecule has 3 amide bonds. The SMILES string of the molecule is C[C@H](OC(=O)[C@H](C)N1C(=O)[C@H]2CCCC[C@H]2C1=O)C(=O)Nc1cccnc1Cl. The summed E-state index contributed by atoms with van der Waals surface area (Å²) in [7, 11) is 0. The first-order chi connectivity index (χ1) is 13.3. The van der Waals surface area contributed by atoms with Crippen molar-refractivity contribution in [1.29, 1.82) is 0 Å². The van der Waals surface area contributed by atoms with Crippen LogP contribution in [0.25, 0.3) is 0 Å². The molecule has 8 nitrogen and oxygen atoms in total. The zero-order valence-electron chi connectivity index (χ0n) is 15.7. The number of rotatable bonds is 5. The third kappa shape index (κ3) is 3.87. The Balaban J connectivity index is 1.62. The summed E-state index contributed by atoms with van der Waals surface area (Å²) in [6.07, 6.45) is 3.48. The number of aromatic nitrogens is 1. The van der Waals surface area contributed by atoms with Gasteiger partial charge in [-0.25, -0.2) is 9.78 Å². The van der Waals surface area contributed by atoms with E-state index in [9.17, 15) is 19.2 Å². The van der Waals surface area contributed by atoms with E-state index in [1.807, 2.05) is 0 Å². The van der Waals surface area contributed by atoms with Crippen LogP contribution in [0.1, 0.15) is 39.5 Å². The van der Waals surface area contributed by atoms with Gasteiger partial charge in [-0.2, -0.15) is 0 Å². The fraction of sp³-hybridized carbons (Fsp3) is 0.526. The van der Waals surface area contributed by atoms with Crippen molar-refractivity contribution in [2.75, 3.05) is 5.32 Å². The summed E-state index contributed by atoms with van der Waals surface area (Å²) in [5, 5.41) is 2.63. The Kier molecular flexibility index (Phi) is 5.98. The average Bonchev–Trinajstić information content (AvgIpc) is 2.93. The zero-order valence-corrected chi connectivity index (χ0v) is 16.4. The fourth-order valence-corrected chi connectivity index (χ4v) is 3.88. The first-order valence-electron chi connectivity index (χ1n) is 9.30. The molecule has 1 saturated heterocycles. The van der Waals surface area contributed by atoms with Crippen LogP contribution in [0.5, 0.6) is 0 Å². The Labute approximate surface area is 167 Å². The molecule has 1 N–H and O–H groups in total. The lowest BCUT2D eigenvalue weighted by atomic mass is 9.81. The molecule has 9 heteroatoms. The molecule has 2 aliphatic rings. The largest absolute Gasteiger partial charge is 0.451 e. The Hall–Kier alpha value is -2.48. The number of likely N-dealkylation sites (tertiary alicyclic amines) is 1. The number of nitrogens with one attached hydrogen (secondary N) is 1. The van der Waals surface area contributed by atoms with Gasteiger partial charge in [0.15, 0.2) is 11.3 Å². The third-order valence-corrected chi connectivity index (χ3v) is 5.58. The van der Waals surface area contributed by atoms with Crippen LogP contribution in [0.4, 0.5) is 5.69 Å². The molecule has 0 radical (unpaired) electrons. The summed E-state index contributed by atoms with van der Waals surface area (Å²) in [4.78, 5) is 54.8. The number of hydrogen-bond donors (Lipinski definition) is 1. The van der Waals surface area contributed by atoms with Gasteiger partial charge in [0.1, 0.15) is 6.04 Å². The van der Waals surface area contributed by atoms with Gasteiger partial charge in [0, 0.05) is 6.20 Å². The normalized spacial score (nSPS) is 23.8. The summed E-state index contributed by atoms with van der Waals surface area (Å²) >= 11 is 5.89. The van der Waals surface area contributed by atoms with Gasteiger partial charge < -0.3 is 10.1 Å². The van der Waals surface area contributed by atoms with E-state index in [4.69, 9.17) is 16.3 Å². The standard InChI is InChI=1S/C19H22ClN3O5/c1-10(23-17(25)12-6-3-4-7-13(12)18(23)26)19(27)28-11(2)16(24)22-14-8-5-9-21-15(14)20/h5,8-13H,3-4,6-7H2,1-2H3,(H,22,24)/t10-,11-,12-,13+/m0/s1. The van der Waals surface area contributed by atoms with E-state index >= 15 is 0 Å². The van der Waals surface area contributed by atoms with Crippen molar-refractivity contribution < 1.29 is 23.9 Å². The Morgan fingerprint density at radius 3 is 2.39 bits per heavy atom. The quantitative estimate of drug-likeness (QED) is 0.455. The highest BCUT2D eigenvalue weighted by molar-refractivity contribution is 6.32. The number of carbonyl (C=O) groups is 4. The second-order valence-corrected chi connectivity index (χ2v) is 7.49. The molecule has 0 spiro atoms. The first-order valence-corrected chi connectivity index (χ1v) is 9.68. The van der Waals surface area contributed by atoms with Gasteiger partial charge in [0.25, 0.3) is 5.91 Å². The monoisotopic (exact) mass is 407 g/mol. The minimum atomic E-state index is -1.14. The average molecular weight is 408 g/mol. The Morgan fingerprint density at radius 1 is 1.21 bits per heavy atom. The van der Waals surface area contributed by atoms with Crippen LogP contribution < -0.4 is 5.32 Å². The van der Waals surface area contributed by atoms with Gasteiger partial charge in [-0.1, -0.05) is 24.4 Å². The number of ether oxygens (including phenoxy) is 1. The van der Waals surface area contributed by atoms with Gasteiger partial charge in [-0.3, -0.25) is 19.3 Å². The highest BCUT2D eigenvalue weighted by atomic mass is 35.5. The van der Waals surface area contributed by atoms with Crippen molar-refractivity contribution in [3.8, 4) is 0 Å². The number of fused-ring (bicyclic) bond motifs is 1. The molecular weight excluding hydrogens is 386 g/mol. The minimum Gasteiger partial charge on any atom is -0.451 e. The summed E-state index contributed by atoms with van der Waals surface area (Å²) < 4.78 is 5.19. The van der Waals surface area contributed by atoms with E-state index in [2.05, 4.69) is 10.3 Å². The molecule has 0 aromatic carbocycles. The molecule has 2 heterocycles. The maximum absolute atomic E-state index is 12.6. The van der Waals surface area contributed by atoms with Crippen molar-refractivity contribution in [2.24, 2.45) is 11.8 Å². The smallest absolute Gasteiger partial charge is 0.329 e.